The number of carbonyl (C=O) groups is 2. The van der Waals surface area contributed by atoms with Crippen LogP contribution in [0, 0.1) is 16.0 Å². The van der Waals surface area contributed by atoms with E-state index in [1.165, 1.54) is 16.8 Å². The van der Waals surface area contributed by atoms with Gasteiger partial charge in [0.15, 0.2) is 5.69 Å². The number of nitro groups is 1. The number of pyridine rings is 1. The normalized spacial score (nSPS) is 14.3. The smallest absolute Gasteiger partial charge is 0.274 e. The van der Waals surface area contributed by atoms with E-state index in [9.17, 15) is 19.7 Å². The molecular weight excluding hydrogens is 400 g/mol. The fraction of sp³-hybridized carbons (Fsp3) is 0.238. The van der Waals surface area contributed by atoms with Gasteiger partial charge < -0.3 is 10.2 Å². The summed E-state index contributed by atoms with van der Waals surface area (Å²) >= 11 is 0. The van der Waals surface area contributed by atoms with Crippen LogP contribution in [0.15, 0.2) is 60.9 Å². The van der Waals surface area contributed by atoms with Gasteiger partial charge in [0.1, 0.15) is 5.82 Å². The molecule has 1 aliphatic heterocycles. The molecule has 1 saturated heterocycles. The maximum Gasteiger partial charge on any atom is 0.274 e. The molecule has 0 aliphatic carbocycles. The number of carbonyl (C=O) groups excluding carboxylic acids is 2. The van der Waals surface area contributed by atoms with E-state index in [0.29, 0.717) is 37.4 Å². The van der Waals surface area contributed by atoms with Crippen molar-refractivity contribution >= 4 is 23.3 Å². The molecule has 10 heteroatoms. The zero-order chi connectivity index (χ0) is 21.8. The summed E-state index contributed by atoms with van der Waals surface area (Å²) in [6.45, 7) is 0.924. The highest BCUT2D eigenvalue weighted by Gasteiger charge is 2.29. The van der Waals surface area contributed by atoms with Crippen molar-refractivity contribution in [2.75, 3.05) is 18.4 Å². The lowest BCUT2D eigenvalue weighted by Gasteiger charge is -2.30. The maximum absolute atomic E-state index is 12.8. The number of amides is 2. The van der Waals surface area contributed by atoms with Crippen LogP contribution in [0.1, 0.15) is 23.3 Å². The third-order valence-electron chi connectivity index (χ3n) is 5.20. The Labute approximate surface area is 177 Å². The second-order valence-electron chi connectivity index (χ2n) is 7.19. The molecule has 1 N–H and O–H groups in total. The number of nitrogens with zero attached hydrogens (tertiary/aromatic N) is 5. The number of aromatic nitrogens is 3. The predicted molar refractivity (Wildman–Crippen MR) is 112 cm³/mol. The van der Waals surface area contributed by atoms with Crippen LogP contribution in [0.5, 0.6) is 0 Å². The quantitative estimate of drug-likeness (QED) is 0.500. The molecule has 158 valence electrons. The molecule has 0 unspecified atom stereocenters. The molecule has 0 atom stereocenters. The van der Waals surface area contributed by atoms with Crippen LogP contribution >= 0.6 is 0 Å². The summed E-state index contributed by atoms with van der Waals surface area (Å²) in [5, 5.41) is 17.9. The van der Waals surface area contributed by atoms with Crippen molar-refractivity contribution in [1.29, 1.82) is 0 Å². The average Bonchev–Trinajstić information content (AvgIpc) is 3.30. The summed E-state index contributed by atoms with van der Waals surface area (Å²) in [6.07, 6.45) is 4.38. The molecule has 0 radical (unpaired) electrons. The number of benzene rings is 1. The van der Waals surface area contributed by atoms with Crippen molar-refractivity contribution in [3.05, 3.63) is 76.7 Å². The van der Waals surface area contributed by atoms with Crippen LogP contribution in [0.2, 0.25) is 0 Å². The van der Waals surface area contributed by atoms with E-state index < -0.39 is 4.92 Å². The summed E-state index contributed by atoms with van der Waals surface area (Å²) in [5.74, 6) is 0.0454. The third-order valence-corrected chi connectivity index (χ3v) is 5.20. The number of piperidine rings is 1. The molecule has 10 nitrogen and oxygen atoms in total. The average molecular weight is 420 g/mol. The molecule has 1 aliphatic rings. The van der Waals surface area contributed by atoms with Gasteiger partial charge in [-0.2, -0.15) is 5.10 Å². The Morgan fingerprint density at radius 2 is 1.81 bits per heavy atom. The number of likely N-dealkylation sites (tertiary alicyclic amines) is 1. The monoisotopic (exact) mass is 420 g/mol. The Morgan fingerprint density at radius 1 is 1.06 bits per heavy atom. The highest BCUT2D eigenvalue weighted by Crippen LogP contribution is 2.21. The van der Waals surface area contributed by atoms with Crippen molar-refractivity contribution in [2.45, 2.75) is 12.8 Å². The molecule has 31 heavy (non-hydrogen) atoms. The van der Waals surface area contributed by atoms with Crippen LogP contribution in [0.4, 0.5) is 11.5 Å². The molecule has 1 aromatic carbocycles. The number of non-ortho nitro benzene ring substituents is 1. The second kappa shape index (κ2) is 8.74. The highest BCUT2D eigenvalue weighted by atomic mass is 16.6. The fourth-order valence-electron chi connectivity index (χ4n) is 3.48. The van der Waals surface area contributed by atoms with Gasteiger partial charge in [-0.25, -0.2) is 9.67 Å². The molecular formula is C21H20N6O4. The molecule has 3 heterocycles. The van der Waals surface area contributed by atoms with E-state index in [-0.39, 0.29) is 29.1 Å². The van der Waals surface area contributed by atoms with Gasteiger partial charge in [0, 0.05) is 43.5 Å². The Hall–Kier alpha value is -4.08. The van der Waals surface area contributed by atoms with Crippen LogP contribution in [-0.2, 0) is 4.79 Å². The molecule has 0 saturated carbocycles. The maximum atomic E-state index is 12.8. The zero-order valence-electron chi connectivity index (χ0n) is 16.5. The lowest BCUT2D eigenvalue weighted by molar-refractivity contribution is -0.384. The molecule has 4 rings (SSSR count). The predicted octanol–water partition coefficient (Wildman–Crippen LogP) is 2.67. The van der Waals surface area contributed by atoms with Gasteiger partial charge in [-0.05, 0) is 43.2 Å². The van der Waals surface area contributed by atoms with Crippen molar-refractivity contribution in [1.82, 2.24) is 19.7 Å². The van der Waals surface area contributed by atoms with E-state index >= 15 is 0 Å². The minimum atomic E-state index is -0.470. The van der Waals surface area contributed by atoms with Gasteiger partial charge in [-0.1, -0.05) is 6.07 Å². The van der Waals surface area contributed by atoms with E-state index in [2.05, 4.69) is 15.4 Å². The summed E-state index contributed by atoms with van der Waals surface area (Å²) in [5.41, 5.74) is 0.895. The number of nitrogens with one attached hydrogen (secondary N) is 1. The molecule has 3 aromatic rings. The molecule has 2 aromatic heterocycles. The first kappa shape index (κ1) is 20.2. The van der Waals surface area contributed by atoms with E-state index in [1.807, 2.05) is 0 Å². The SMILES string of the molecule is O=C(Nc1ccccn1)C1CCN(C(=O)c2ccn(-c3ccc([N+](=O)[O-])cc3)n2)CC1. The minimum absolute atomic E-state index is 0.0119. The van der Waals surface area contributed by atoms with Crippen LogP contribution < -0.4 is 5.32 Å². The summed E-state index contributed by atoms with van der Waals surface area (Å²) in [4.78, 5) is 41.3. The highest BCUT2D eigenvalue weighted by molar-refractivity contribution is 5.93. The first-order valence-electron chi connectivity index (χ1n) is 9.83. The van der Waals surface area contributed by atoms with E-state index in [4.69, 9.17) is 0 Å². The molecule has 0 spiro atoms. The Kier molecular flexibility index (Phi) is 5.69. The van der Waals surface area contributed by atoms with Crippen molar-refractivity contribution in [3.8, 4) is 5.69 Å². The molecule has 1 fully saturated rings. The first-order chi connectivity index (χ1) is 15.0. The lowest BCUT2D eigenvalue weighted by atomic mass is 9.95. The second-order valence-corrected chi connectivity index (χ2v) is 7.19. The van der Waals surface area contributed by atoms with Crippen LogP contribution in [-0.4, -0.2) is 49.5 Å². The number of hydrogen-bond donors (Lipinski definition) is 1. The summed E-state index contributed by atoms with van der Waals surface area (Å²) in [7, 11) is 0. The summed E-state index contributed by atoms with van der Waals surface area (Å²) < 4.78 is 1.50. The third kappa shape index (κ3) is 4.58. The standard InChI is InChI=1S/C21H20N6O4/c28-20(23-19-3-1-2-11-22-19)15-8-12-25(13-9-15)21(29)18-10-14-26(24-18)16-4-6-17(7-5-16)27(30)31/h1-7,10-11,14-15H,8-9,12-13H2,(H,22,23,28). The Balaban J connectivity index is 1.35. The Bertz CT molecular complexity index is 1090. The number of hydrogen-bond acceptors (Lipinski definition) is 6. The van der Waals surface area contributed by atoms with Gasteiger partial charge in [0.25, 0.3) is 11.6 Å². The fourth-order valence-corrected chi connectivity index (χ4v) is 3.48. The van der Waals surface area contributed by atoms with E-state index in [0.717, 1.165) is 0 Å². The zero-order valence-corrected chi connectivity index (χ0v) is 16.5. The van der Waals surface area contributed by atoms with Crippen molar-refractivity contribution < 1.29 is 14.5 Å². The van der Waals surface area contributed by atoms with Crippen molar-refractivity contribution in [3.63, 3.8) is 0 Å². The van der Waals surface area contributed by atoms with Gasteiger partial charge >= 0.3 is 0 Å². The number of rotatable bonds is 5. The van der Waals surface area contributed by atoms with Crippen LogP contribution in [0.25, 0.3) is 5.69 Å². The minimum Gasteiger partial charge on any atom is -0.337 e. The molecule has 2 amide bonds. The topological polar surface area (TPSA) is 123 Å². The Morgan fingerprint density at radius 3 is 2.45 bits per heavy atom. The number of anilines is 1. The first-order valence-corrected chi connectivity index (χ1v) is 9.83. The van der Waals surface area contributed by atoms with Crippen LogP contribution in [0.3, 0.4) is 0 Å². The largest absolute Gasteiger partial charge is 0.337 e. The van der Waals surface area contributed by atoms with Gasteiger partial charge in [-0.15, -0.1) is 0 Å². The summed E-state index contributed by atoms with van der Waals surface area (Å²) in [6, 6.07) is 12.9. The van der Waals surface area contributed by atoms with Gasteiger partial charge in [0.2, 0.25) is 5.91 Å². The number of nitro benzene ring substituents is 1. The van der Waals surface area contributed by atoms with E-state index in [1.54, 1.807) is 53.7 Å². The molecule has 0 bridgehead atoms. The van der Waals surface area contributed by atoms with Gasteiger partial charge in [-0.3, -0.25) is 19.7 Å². The lowest BCUT2D eigenvalue weighted by Crippen LogP contribution is -2.41. The van der Waals surface area contributed by atoms with Gasteiger partial charge in [0.05, 0.1) is 10.6 Å². The van der Waals surface area contributed by atoms with Crippen molar-refractivity contribution in [2.24, 2.45) is 5.92 Å².